The van der Waals surface area contributed by atoms with Crippen molar-refractivity contribution in [3.05, 3.63) is 29.8 Å². The molecule has 0 unspecified atom stereocenters. The summed E-state index contributed by atoms with van der Waals surface area (Å²) < 4.78 is 16.2. The molecular formula is C16H23NO7. The van der Waals surface area contributed by atoms with E-state index in [4.69, 9.17) is 14.2 Å². The Bertz CT molecular complexity index is 536. The first-order valence-corrected chi connectivity index (χ1v) is 7.60. The summed E-state index contributed by atoms with van der Waals surface area (Å²) in [6, 6.07) is 6.23. The van der Waals surface area contributed by atoms with Gasteiger partial charge in [-0.05, 0) is 17.7 Å². The van der Waals surface area contributed by atoms with Crippen LogP contribution in [0.5, 0.6) is 5.75 Å². The zero-order chi connectivity index (χ0) is 17.7. The fraction of sp³-hybridized carbons (Fsp3) is 0.562. The van der Waals surface area contributed by atoms with Gasteiger partial charge in [0.05, 0.1) is 20.3 Å². The SMILES string of the molecule is COc1ccc(CO[C@@H]2O[C@H](CO)[C@H](O)[C@H](O)[C@@H]2NC(C)=O)cc1. The van der Waals surface area contributed by atoms with Gasteiger partial charge < -0.3 is 34.8 Å². The lowest BCUT2D eigenvalue weighted by molar-refractivity contribution is -0.273. The Morgan fingerprint density at radius 1 is 1.25 bits per heavy atom. The van der Waals surface area contributed by atoms with Crippen LogP contribution in [0.25, 0.3) is 0 Å². The molecule has 1 aliphatic rings. The Kier molecular flexibility index (Phi) is 6.52. The maximum absolute atomic E-state index is 11.3. The number of rotatable bonds is 6. The minimum atomic E-state index is -1.33. The third-order valence-electron chi connectivity index (χ3n) is 3.82. The summed E-state index contributed by atoms with van der Waals surface area (Å²) in [5.74, 6) is 0.318. The number of amides is 1. The van der Waals surface area contributed by atoms with E-state index in [2.05, 4.69) is 5.32 Å². The molecule has 0 radical (unpaired) electrons. The van der Waals surface area contributed by atoms with Crippen LogP contribution in [0, 0.1) is 0 Å². The molecule has 0 aromatic heterocycles. The number of ether oxygens (including phenoxy) is 3. The molecule has 0 spiro atoms. The third-order valence-corrected chi connectivity index (χ3v) is 3.82. The van der Waals surface area contributed by atoms with E-state index in [1.807, 2.05) is 12.1 Å². The largest absolute Gasteiger partial charge is 0.497 e. The van der Waals surface area contributed by atoms with Gasteiger partial charge in [0, 0.05) is 6.92 Å². The van der Waals surface area contributed by atoms with Crippen LogP contribution < -0.4 is 10.1 Å². The minimum Gasteiger partial charge on any atom is -0.497 e. The molecule has 1 heterocycles. The van der Waals surface area contributed by atoms with E-state index in [0.717, 1.165) is 5.56 Å². The van der Waals surface area contributed by atoms with Crippen molar-refractivity contribution in [3.8, 4) is 5.75 Å². The zero-order valence-electron chi connectivity index (χ0n) is 13.6. The first-order chi connectivity index (χ1) is 11.5. The van der Waals surface area contributed by atoms with Crippen LogP contribution in [0.15, 0.2) is 24.3 Å². The quantitative estimate of drug-likeness (QED) is 0.533. The standard InChI is InChI=1S/C16H23NO7/c1-9(19)17-13-15(21)14(20)12(7-18)24-16(13)23-8-10-3-5-11(22-2)6-4-10/h3-6,12-16,18,20-21H,7-8H2,1-2H3,(H,17,19)/t12-,13+,14+,15-,16-/m1/s1. The molecule has 8 nitrogen and oxygen atoms in total. The molecule has 1 fully saturated rings. The highest BCUT2D eigenvalue weighted by Crippen LogP contribution is 2.23. The van der Waals surface area contributed by atoms with Crippen molar-refractivity contribution in [1.82, 2.24) is 5.32 Å². The topological polar surface area (TPSA) is 117 Å². The molecular weight excluding hydrogens is 318 g/mol. The van der Waals surface area contributed by atoms with E-state index >= 15 is 0 Å². The second-order valence-electron chi connectivity index (χ2n) is 5.59. The van der Waals surface area contributed by atoms with E-state index in [1.54, 1.807) is 19.2 Å². The first-order valence-electron chi connectivity index (χ1n) is 7.60. The van der Waals surface area contributed by atoms with Crippen molar-refractivity contribution in [3.63, 3.8) is 0 Å². The van der Waals surface area contributed by atoms with Gasteiger partial charge in [0.25, 0.3) is 0 Å². The minimum absolute atomic E-state index is 0.158. The van der Waals surface area contributed by atoms with E-state index in [0.29, 0.717) is 5.75 Å². The molecule has 2 rings (SSSR count). The summed E-state index contributed by atoms with van der Waals surface area (Å²) in [6.45, 7) is 0.969. The highest BCUT2D eigenvalue weighted by Gasteiger charge is 2.45. The first kappa shape index (κ1) is 18.6. The molecule has 24 heavy (non-hydrogen) atoms. The lowest BCUT2D eigenvalue weighted by Crippen LogP contribution is -2.64. The average molecular weight is 341 g/mol. The van der Waals surface area contributed by atoms with Crippen molar-refractivity contribution in [2.45, 2.75) is 44.2 Å². The molecule has 0 saturated carbocycles. The number of aliphatic hydroxyl groups is 3. The molecule has 134 valence electrons. The number of carbonyl (C=O) groups is 1. The van der Waals surface area contributed by atoms with E-state index in [9.17, 15) is 20.1 Å². The molecule has 1 amide bonds. The van der Waals surface area contributed by atoms with Crippen LogP contribution in [0.3, 0.4) is 0 Å². The van der Waals surface area contributed by atoms with Gasteiger partial charge in [0.1, 0.15) is 30.1 Å². The van der Waals surface area contributed by atoms with Gasteiger partial charge in [-0.2, -0.15) is 0 Å². The molecule has 1 saturated heterocycles. The van der Waals surface area contributed by atoms with Crippen molar-refractivity contribution >= 4 is 5.91 Å². The highest BCUT2D eigenvalue weighted by molar-refractivity contribution is 5.73. The van der Waals surface area contributed by atoms with Crippen molar-refractivity contribution in [2.75, 3.05) is 13.7 Å². The van der Waals surface area contributed by atoms with Gasteiger partial charge >= 0.3 is 0 Å². The van der Waals surface area contributed by atoms with Crippen LogP contribution in [-0.4, -0.2) is 65.6 Å². The normalized spacial score (nSPS) is 30.0. The Morgan fingerprint density at radius 3 is 2.46 bits per heavy atom. The molecule has 1 aromatic carbocycles. The highest BCUT2D eigenvalue weighted by atomic mass is 16.7. The van der Waals surface area contributed by atoms with Gasteiger partial charge in [-0.15, -0.1) is 0 Å². The second kappa shape index (κ2) is 8.41. The van der Waals surface area contributed by atoms with Crippen molar-refractivity contribution in [1.29, 1.82) is 0 Å². The number of methoxy groups -OCH3 is 1. The summed E-state index contributed by atoms with van der Waals surface area (Å²) in [6.07, 6.45) is -4.65. The van der Waals surface area contributed by atoms with Crippen LogP contribution in [0.2, 0.25) is 0 Å². The third kappa shape index (κ3) is 4.43. The van der Waals surface area contributed by atoms with Gasteiger partial charge in [-0.1, -0.05) is 12.1 Å². The fourth-order valence-electron chi connectivity index (χ4n) is 2.51. The molecule has 4 N–H and O–H groups in total. The van der Waals surface area contributed by atoms with Crippen LogP contribution in [0.4, 0.5) is 0 Å². The molecule has 1 aliphatic heterocycles. The number of benzene rings is 1. The summed E-state index contributed by atoms with van der Waals surface area (Å²) in [5, 5.41) is 31.9. The molecule has 1 aromatic rings. The second-order valence-corrected chi connectivity index (χ2v) is 5.59. The number of hydrogen-bond acceptors (Lipinski definition) is 7. The lowest BCUT2D eigenvalue weighted by atomic mass is 9.97. The predicted octanol–water partition coefficient (Wildman–Crippen LogP) is -0.844. The van der Waals surface area contributed by atoms with Gasteiger partial charge in [0.2, 0.25) is 5.91 Å². The number of nitrogens with one attached hydrogen (secondary N) is 1. The molecule has 5 atom stereocenters. The monoisotopic (exact) mass is 341 g/mol. The lowest BCUT2D eigenvalue weighted by Gasteiger charge is -2.42. The number of carbonyl (C=O) groups excluding carboxylic acids is 1. The summed E-state index contributed by atoms with van der Waals surface area (Å²) in [7, 11) is 1.57. The Labute approximate surface area is 140 Å². The maximum Gasteiger partial charge on any atom is 0.217 e. The smallest absolute Gasteiger partial charge is 0.217 e. The Morgan fingerprint density at radius 2 is 1.92 bits per heavy atom. The number of hydrogen-bond donors (Lipinski definition) is 4. The van der Waals surface area contributed by atoms with Crippen LogP contribution in [0.1, 0.15) is 12.5 Å². The average Bonchev–Trinajstić information content (AvgIpc) is 2.58. The molecule has 8 heteroatoms. The Hall–Kier alpha value is -1.71. The summed E-state index contributed by atoms with van der Waals surface area (Å²) >= 11 is 0. The van der Waals surface area contributed by atoms with E-state index in [-0.39, 0.29) is 6.61 Å². The summed E-state index contributed by atoms with van der Waals surface area (Å²) in [5.41, 5.74) is 0.835. The van der Waals surface area contributed by atoms with E-state index < -0.39 is 43.2 Å². The maximum atomic E-state index is 11.3. The van der Waals surface area contributed by atoms with Gasteiger partial charge in [-0.25, -0.2) is 0 Å². The Balaban J connectivity index is 2.06. The molecule has 0 bridgehead atoms. The fourth-order valence-corrected chi connectivity index (χ4v) is 2.51. The van der Waals surface area contributed by atoms with Crippen LogP contribution >= 0.6 is 0 Å². The molecule has 0 aliphatic carbocycles. The van der Waals surface area contributed by atoms with Crippen molar-refractivity contribution < 1.29 is 34.3 Å². The van der Waals surface area contributed by atoms with Gasteiger partial charge in [-0.3, -0.25) is 4.79 Å². The van der Waals surface area contributed by atoms with E-state index in [1.165, 1.54) is 6.92 Å². The zero-order valence-corrected chi connectivity index (χ0v) is 13.6. The van der Waals surface area contributed by atoms with Crippen molar-refractivity contribution in [2.24, 2.45) is 0 Å². The predicted molar refractivity (Wildman–Crippen MR) is 83.1 cm³/mol. The van der Waals surface area contributed by atoms with Crippen LogP contribution in [-0.2, 0) is 20.9 Å². The van der Waals surface area contributed by atoms with Gasteiger partial charge in [0.15, 0.2) is 6.29 Å². The number of aliphatic hydroxyl groups excluding tert-OH is 3. The summed E-state index contributed by atoms with van der Waals surface area (Å²) in [4.78, 5) is 11.3.